The highest BCUT2D eigenvalue weighted by Crippen LogP contribution is 2.34. The Labute approximate surface area is 123 Å². The molecular formula is C12H12N6O2S. The van der Waals surface area contributed by atoms with E-state index in [0.717, 1.165) is 4.70 Å². The molecule has 0 radical (unpaired) electrons. The number of anilines is 1. The minimum atomic E-state index is -0.399. The molecule has 0 bridgehead atoms. The Bertz CT molecular complexity index is 796. The van der Waals surface area contributed by atoms with Gasteiger partial charge in [0, 0.05) is 20.0 Å². The van der Waals surface area contributed by atoms with Crippen molar-refractivity contribution in [2.75, 3.05) is 11.9 Å². The van der Waals surface area contributed by atoms with Crippen molar-refractivity contribution in [2.45, 2.75) is 6.42 Å². The van der Waals surface area contributed by atoms with Crippen molar-refractivity contribution in [3.05, 3.63) is 39.9 Å². The van der Waals surface area contributed by atoms with Gasteiger partial charge in [-0.1, -0.05) is 0 Å². The van der Waals surface area contributed by atoms with Crippen molar-refractivity contribution in [1.29, 1.82) is 0 Å². The van der Waals surface area contributed by atoms with Crippen LogP contribution in [0.1, 0.15) is 5.82 Å². The zero-order chi connectivity index (χ0) is 14.8. The van der Waals surface area contributed by atoms with Crippen LogP contribution in [0.25, 0.3) is 10.2 Å². The molecule has 0 fully saturated rings. The highest BCUT2D eigenvalue weighted by molar-refractivity contribution is 7.16. The third-order valence-corrected chi connectivity index (χ3v) is 3.76. The first-order chi connectivity index (χ1) is 10.1. The van der Waals surface area contributed by atoms with Gasteiger partial charge in [-0.15, -0.1) is 11.3 Å². The summed E-state index contributed by atoms with van der Waals surface area (Å²) in [5.74, 6) is 0.697. The summed E-state index contributed by atoms with van der Waals surface area (Å²) >= 11 is 1.38. The lowest BCUT2D eigenvalue weighted by Gasteiger charge is -2.06. The molecule has 0 aliphatic carbocycles. The second-order valence-electron chi connectivity index (χ2n) is 4.43. The third kappa shape index (κ3) is 2.68. The smallest absolute Gasteiger partial charge is 0.319 e. The summed E-state index contributed by atoms with van der Waals surface area (Å²) in [5, 5.41) is 18.5. The van der Waals surface area contributed by atoms with Crippen LogP contribution in [0.5, 0.6) is 0 Å². The molecule has 108 valence electrons. The Hall–Kier alpha value is -2.55. The molecule has 1 aromatic carbocycles. The number of fused-ring (bicyclic) bond motifs is 1. The first-order valence-electron chi connectivity index (χ1n) is 6.24. The van der Waals surface area contributed by atoms with E-state index in [1.54, 1.807) is 29.6 Å². The molecule has 0 aliphatic heterocycles. The Morgan fingerprint density at radius 2 is 2.29 bits per heavy atom. The van der Waals surface area contributed by atoms with Gasteiger partial charge in [0.2, 0.25) is 0 Å². The lowest BCUT2D eigenvalue weighted by atomic mass is 10.2. The minimum absolute atomic E-state index is 0.0164. The van der Waals surface area contributed by atoms with Gasteiger partial charge in [-0.05, 0) is 12.1 Å². The molecular weight excluding hydrogens is 292 g/mol. The number of hydrogen-bond acceptors (Lipinski definition) is 7. The van der Waals surface area contributed by atoms with Crippen molar-refractivity contribution in [3.63, 3.8) is 0 Å². The number of benzene rings is 1. The van der Waals surface area contributed by atoms with E-state index in [2.05, 4.69) is 20.4 Å². The molecule has 8 nitrogen and oxygen atoms in total. The highest BCUT2D eigenvalue weighted by atomic mass is 32.1. The molecule has 0 saturated heterocycles. The second kappa shape index (κ2) is 5.44. The van der Waals surface area contributed by atoms with Gasteiger partial charge in [-0.25, -0.2) is 9.97 Å². The summed E-state index contributed by atoms with van der Waals surface area (Å²) in [6.45, 7) is 0.514. The number of nitrogens with zero attached hydrogens (tertiary/aromatic N) is 5. The lowest BCUT2D eigenvalue weighted by molar-refractivity contribution is -0.382. The van der Waals surface area contributed by atoms with E-state index in [4.69, 9.17) is 0 Å². The lowest BCUT2D eigenvalue weighted by Crippen LogP contribution is -2.08. The first-order valence-corrected chi connectivity index (χ1v) is 7.12. The van der Waals surface area contributed by atoms with Crippen LogP contribution >= 0.6 is 11.3 Å². The molecule has 0 aliphatic rings. The summed E-state index contributed by atoms with van der Waals surface area (Å²) in [6.07, 6.45) is 2.21. The maximum absolute atomic E-state index is 11.3. The summed E-state index contributed by atoms with van der Waals surface area (Å²) in [5.41, 5.74) is 2.52. The number of aromatic nitrogens is 4. The predicted molar refractivity (Wildman–Crippen MR) is 79.5 cm³/mol. The number of thiazole rings is 1. The van der Waals surface area contributed by atoms with E-state index in [1.165, 1.54) is 11.3 Å². The minimum Gasteiger partial charge on any atom is -0.379 e. The molecule has 0 unspecified atom stereocenters. The molecule has 0 amide bonds. The van der Waals surface area contributed by atoms with Gasteiger partial charge in [0.05, 0.1) is 15.1 Å². The number of rotatable bonds is 5. The van der Waals surface area contributed by atoms with Crippen LogP contribution in [0, 0.1) is 10.1 Å². The third-order valence-electron chi connectivity index (χ3n) is 2.97. The van der Waals surface area contributed by atoms with Gasteiger partial charge in [-0.3, -0.25) is 14.8 Å². The molecule has 2 heterocycles. The van der Waals surface area contributed by atoms with Gasteiger partial charge in [-0.2, -0.15) is 5.10 Å². The molecule has 1 N–H and O–H groups in total. The standard InChI is InChI=1S/C12H12N6O2S/c1-17-6-14-10(16-17)4-5-13-8-2-3-9-11(15-7-21-9)12(8)18(19)20/h2-3,6-7,13H,4-5H2,1H3. The van der Waals surface area contributed by atoms with Crippen LogP contribution in [-0.2, 0) is 13.5 Å². The second-order valence-corrected chi connectivity index (χ2v) is 5.32. The maximum Gasteiger partial charge on any atom is 0.319 e. The van der Waals surface area contributed by atoms with Crippen molar-refractivity contribution >= 4 is 32.9 Å². The van der Waals surface area contributed by atoms with E-state index < -0.39 is 4.92 Å². The van der Waals surface area contributed by atoms with E-state index in [1.807, 2.05) is 6.07 Å². The summed E-state index contributed by atoms with van der Waals surface area (Å²) in [7, 11) is 1.80. The van der Waals surface area contributed by atoms with Crippen LogP contribution in [0.3, 0.4) is 0 Å². The summed E-state index contributed by atoms with van der Waals surface area (Å²) < 4.78 is 2.43. The predicted octanol–water partition coefficient (Wildman–Crippen LogP) is 1.99. The summed E-state index contributed by atoms with van der Waals surface area (Å²) in [4.78, 5) is 19.1. The van der Waals surface area contributed by atoms with Crippen LogP contribution in [0.4, 0.5) is 11.4 Å². The number of nitro groups is 1. The average Bonchev–Trinajstić information content (AvgIpc) is 3.06. The van der Waals surface area contributed by atoms with Gasteiger partial charge in [0.1, 0.15) is 12.0 Å². The van der Waals surface area contributed by atoms with Crippen molar-refractivity contribution < 1.29 is 4.92 Å². The van der Waals surface area contributed by atoms with Crippen LogP contribution < -0.4 is 5.32 Å². The largest absolute Gasteiger partial charge is 0.379 e. The Balaban J connectivity index is 1.80. The molecule has 9 heteroatoms. The molecule has 3 aromatic rings. The average molecular weight is 304 g/mol. The molecule has 2 aromatic heterocycles. The van der Waals surface area contributed by atoms with Gasteiger partial charge < -0.3 is 5.32 Å². The summed E-state index contributed by atoms with van der Waals surface area (Å²) in [6, 6.07) is 3.55. The van der Waals surface area contributed by atoms with Gasteiger partial charge in [0.15, 0.2) is 11.3 Å². The maximum atomic E-state index is 11.3. The fraction of sp³-hybridized carbons (Fsp3) is 0.250. The molecule has 0 atom stereocenters. The first kappa shape index (κ1) is 13.4. The van der Waals surface area contributed by atoms with Crippen LogP contribution in [0.2, 0.25) is 0 Å². The number of hydrogen-bond donors (Lipinski definition) is 1. The Morgan fingerprint density at radius 3 is 3.00 bits per heavy atom. The van der Waals surface area contributed by atoms with Gasteiger partial charge in [0.25, 0.3) is 0 Å². The van der Waals surface area contributed by atoms with E-state index >= 15 is 0 Å². The van der Waals surface area contributed by atoms with E-state index in [-0.39, 0.29) is 5.69 Å². The quantitative estimate of drug-likeness (QED) is 0.571. The molecule has 3 rings (SSSR count). The number of nitrogens with one attached hydrogen (secondary N) is 1. The molecule has 0 saturated carbocycles. The zero-order valence-corrected chi connectivity index (χ0v) is 12.0. The van der Waals surface area contributed by atoms with Crippen LogP contribution in [-0.4, -0.2) is 31.2 Å². The zero-order valence-electron chi connectivity index (χ0n) is 11.2. The van der Waals surface area contributed by atoms with Crippen LogP contribution in [0.15, 0.2) is 24.0 Å². The number of aryl methyl sites for hydroxylation is 1. The van der Waals surface area contributed by atoms with Crippen molar-refractivity contribution in [2.24, 2.45) is 7.05 Å². The Kier molecular flexibility index (Phi) is 3.48. The van der Waals surface area contributed by atoms with Crippen molar-refractivity contribution in [1.82, 2.24) is 19.7 Å². The van der Waals surface area contributed by atoms with Crippen molar-refractivity contribution in [3.8, 4) is 0 Å². The molecule has 21 heavy (non-hydrogen) atoms. The normalized spacial score (nSPS) is 10.9. The number of nitro benzene ring substituents is 1. The monoisotopic (exact) mass is 304 g/mol. The van der Waals surface area contributed by atoms with Gasteiger partial charge >= 0.3 is 5.69 Å². The SMILES string of the molecule is Cn1cnc(CCNc2ccc3scnc3c2[N+](=O)[O-])n1. The van der Waals surface area contributed by atoms with E-state index in [0.29, 0.717) is 30.0 Å². The van der Waals surface area contributed by atoms with E-state index in [9.17, 15) is 10.1 Å². The highest BCUT2D eigenvalue weighted by Gasteiger charge is 2.20. The topological polar surface area (TPSA) is 98.8 Å². The Morgan fingerprint density at radius 1 is 1.43 bits per heavy atom. The fourth-order valence-corrected chi connectivity index (χ4v) is 2.73. The fourth-order valence-electron chi connectivity index (χ4n) is 2.05. The molecule has 0 spiro atoms.